The normalized spacial score (nSPS) is 33.3. The number of likely N-dealkylation sites (N-methyl/N-ethyl adjacent to an activating group) is 1. The number of likely N-dealkylation sites (tertiary alicyclic amines) is 1. The monoisotopic (exact) mass is 319 g/mol. The van der Waals surface area contributed by atoms with Crippen LogP contribution in [0, 0.1) is 5.41 Å². The van der Waals surface area contributed by atoms with Crippen LogP contribution < -0.4 is 9.47 Å². The Bertz CT molecular complexity index is 586. The number of aliphatic hydroxyl groups is 1. The van der Waals surface area contributed by atoms with Crippen LogP contribution in [0.4, 0.5) is 0 Å². The van der Waals surface area contributed by atoms with Crippen LogP contribution in [0.1, 0.15) is 38.7 Å². The Balaban J connectivity index is 2.09. The summed E-state index contributed by atoms with van der Waals surface area (Å²) in [5, 5.41) is 10.6. The fraction of sp³-hybridized carbons (Fsp3) is 0.684. The summed E-state index contributed by atoms with van der Waals surface area (Å²) < 4.78 is 10.9. The molecule has 1 saturated heterocycles. The van der Waals surface area contributed by atoms with Gasteiger partial charge in [0.15, 0.2) is 11.5 Å². The second-order valence-corrected chi connectivity index (χ2v) is 7.73. The van der Waals surface area contributed by atoms with Crippen LogP contribution >= 0.6 is 0 Å². The molecule has 1 aromatic rings. The summed E-state index contributed by atoms with van der Waals surface area (Å²) in [6.07, 6.45) is 2.74. The Labute approximate surface area is 139 Å². The topological polar surface area (TPSA) is 41.9 Å². The van der Waals surface area contributed by atoms with Crippen molar-refractivity contribution in [2.24, 2.45) is 5.41 Å². The molecule has 1 N–H and O–H groups in total. The molecule has 1 aromatic carbocycles. The van der Waals surface area contributed by atoms with E-state index in [1.807, 2.05) is 6.07 Å². The Morgan fingerprint density at radius 1 is 1.13 bits per heavy atom. The highest BCUT2D eigenvalue weighted by molar-refractivity contribution is 5.47. The molecule has 0 spiro atoms. The molecule has 4 heteroatoms. The summed E-state index contributed by atoms with van der Waals surface area (Å²) in [6.45, 7) is 5.48. The first kappa shape index (κ1) is 16.6. The maximum absolute atomic E-state index is 10.6. The largest absolute Gasteiger partial charge is 0.493 e. The smallest absolute Gasteiger partial charge is 0.161 e. The van der Waals surface area contributed by atoms with Crippen molar-refractivity contribution < 1.29 is 14.6 Å². The molecular formula is C19H29NO3. The molecule has 0 amide bonds. The summed E-state index contributed by atoms with van der Waals surface area (Å²) in [5.74, 6) is 1.56. The van der Waals surface area contributed by atoms with Gasteiger partial charge in [-0.05, 0) is 50.6 Å². The number of methoxy groups -OCH3 is 2. The summed E-state index contributed by atoms with van der Waals surface area (Å²) >= 11 is 0. The molecular weight excluding hydrogens is 290 g/mol. The first-order valence-corrected chi connectivity index (χ1v) is 8.47. The fourth-order valence-corrected chi connectivity index (χ4v) is 5.15. The Morgan fingerprint density at radius 2 is 1.83 bits per heavy atom. The maximum atomic E-state index is 10.6. The number of hydrogen-bond acceptors (Lipinski definition) is 4. The third kappa shape index (κ3) is 2.34. The molecule has 2 aliphatic rings. The Hall–Kier alpha value is -1.26. The van der Waals surface area contributed by atoms with E-state index in [1.165, 1.54) is 5.56 Å². The van der Waals surface area contributed by atoms with E-state index in [2.05, 4.69) is 37.9 Å². The summed E-state index contributed by atoms with van der Waals surface area (Å²) in [4.78, 5) is 2.43. The van der Waals surface area contributed by atoms with Gasteiger partial charge < -0.3 is 19.5 Å². The van der Waals surface area contributed by atoms with Crippen molar-refractivity contribution in [3.05, 3.63) is 23.8 Å². The maximum Gasteiger partial charge on any atom is 0.161 e. The molecule has 2 fully saturated rings. The summed E-state index contributed by atoms with van der Waals surface area (Å²) in [7, 11) is 5.54. The predicted molar refractivity (Wildman–Crippen MR) is 91.3 cm³/mol. The molecule has 128 valence electrons. The van der Waals surface area contributed by atoms with Crippen molar-refractivity contribution in [1.82, 2.24) is 4.90 Å². The minimum Gasteiger partial charge on any atom is -0.493 e. The second kappa shape index (κ2) is 5.67. The van der Waals surface area contributed by atoms with Crippen molar-refractivity contribution in [2.75, 3.05) is 27.8 Å². The minimum absolute atomic E-state index is 0.0804. The molecule has 1 heterocycles. The molecule has 1 saturated carbocycles. The van der Waals surface area contributed by atoms with E-state index in [-0.39, 0.29) is 16.9 Å². The van der Waals surface area contributed by atoms with Crippen molar-refractivity contribution in [3.63, 3.8) is 0 Å². The first-order chi connectivity index (χ1) is 10.9. The molecule has 1 aliphatic carbocycles. The zero-order valence-electron chi connectivity index (χ0n) is 14.9. The highest BCUT2D eigenvalue weighted by atomic mass is 16.5. The van der Waals surface area contributed by atoms with Crippen molar-refractivity contribution in [3.8, 4) is 11.5 Å². The lowest BCUT2D eigenvalue weighted by Gasteiger charge is -2.53. The van der Waals surface area contributed by atoms with E-state index in [4.69, 9.17) is 9.47 Å². The van der Waals surface area contributed by atoms with Crippen LogP contribution in [0.25, 0.3) is 0 Å². The lowest BCUT2D eigenvalue weighted by Crippen LogP contribution is -2.58. The average molecular weight is 319 g/mol. The minimum atomic E-state index is -0.249. The summed E-state index contributed by atoms with van der Waals surface area (Å²) in [6, 6.07) is 6.66. The molecule has 0 bridgehead atoms. The highest BCUT2D eigenvalue weighted by Crippen LogP contribution is 2.55. The van der Waals surface area contributed by atoms with Gasteiger partial charge in [-0.25, -0.2) is 0 Å². The van der Waals surface area contributed by atoms with Gasteiger partial charge >= 0.3 is 0 Å². The molecule has 0 unspecified atom stereocenters. The van der Waals surface area contributed by atoms with Crippen molar-refractivity contribution in [2.45, 2.75) is 50.7 Å². The quantitative estimate of drug-likeness (QED) is 0.930. The van der Waals surface area contributed by atoms with Crippen molar-refractivity contribution in [1.29, 1.82) is 0 Å². The van der Waals surface area contributed by atoms with Crippen LogP contribution in [0.5, 0.6) is 11.5 Å². The van der Waals surface area contributed by atoms with Gasteiger partial charge in [0.25, 0.3) is 0 Å². The third-order valence-corrected chi connectivity index (χ3v) is 6.26. The van der Waals surface area contributed by atoms with Gasteiger partial charge in [0.1, 0.15) is 0 Å². The third-order valence-electron chi connectivity index (χ3n) is 6.26. The highest BCUT2D eigenvalue weighted by Gasteiger charge is 2.58. The zero-order valence-corrected chi connectivity index (χ0v) is 14.9. The molecule has 0 aromatic heterocycles. The standard InChI is InChI=1S/C19H29NO3/c1-18(2)16(21)8-9-19(10-11-20(3)17(18)19)13-6-7-14(22-4)15(12-13)23-5/h6-7,12,16-17,21H,8-11H2,1-5H3/t16-,17+,19+/m1/s1. The van der Waals surface area contributed by atoms with E-state index >= 15 is 0 Å². The van der Waals surface area contributed by atoms with Crippen molar-refractivity contribution >= 4 is 0 Å². The Kier molecular flexibility index (Phi) is 4.09. The number of hydrogen-bond donors (Lipinski definition) is 1. The lowest BCUT2D eigenvalue weighted by atomic mass is 9.56. The van der Waals surface area contributed by atoms with E-state index in [9.17, 15) is 5.11 Å². The number of ether oxygens (including phenoxy) is 2. The first-order valence-electron chi connectivity index (χ1n) is 8.47. The van der Waals surface area contributed by atoms with Gasteiger partial charge in [-0.2, -0.15) is 0 Å². The second-order valence-electron chi connectivity index (χ2n) is 7.73. The van der Waals surface area contributed by atoms with Gasteiger partial charge in [-0.1, -0.05) is 19.9 Å². The average Bonchev–Trinajstić information content (AvgIpc) is 2.90. The van der Waals surface area contributed by atoms with Gasteiger partial charge in [0, 0.05) is 16.9 Å². The van der Waals surface area contributed by atoms with Gasteiger partial charge in [0.2, 0.25) is 0 Å². The fourth-order valence-electron chi connectivity index (χ4n) is 5.15. The Morgan fingerprint density at radius 3 is 2.48 bits per heavy atom. The molecule has 1 aliphatic heterocycles. The zero-order chi connectivity index (χ0) is 16.8. The molecule has 0 radical (unpaired) electrons. The molecule has 23 heavy (non-hydrogen) atoms. The number of fused-ring (bicyclic) bond motifs is 1. The number of rotatable bonds is 3. The van der Waals surface area contributed by atoms with E-state index in [1.54, 1.807) is 14.2 Å². The number of benzene rings is 1. The number of aliphatic hydroxyl groups excluding tert-OH is 1. The lowest BCUT2D eigenvalue weighted by molar-refractivity contribution is -0.0619. The molecule has 3 rings (SSSR count). The van der Waals surface area contributed by atoms with Crippen LogP contribution in [0.3, 0.4) is 0 Å². The van der Waals surface area contributed by atoms with Crippen LogP contribution in [-0.2, 0) is 5.41 Å². The van der Waals surface area contributed by atoms with E-state index in [0.29, 0.717) is 6.04 Å². The van der Waals surface area contributed by atoms with Crippen LogP contribution in [0.2, 0.25) is 0 Å². The summed E-state index contributed by atoms with van der Waals surface area (Å²) in [5.41, 5.74) is 1.26. The van der Waals surface area contributed by atoms with Gasteiger partial charge in [-0.3, -0.25) is 0 Å². The molecule has 4 nitrogen and oxygen atoms in total. The molecule has 3 atom stereocenters. The van der Waals surface area contributed by atoms with E-state index < -0.39 is 0 Å². The van der Waals surface area contributed by atoms with Crippen LogP contribution in [-0.4, -0.2) is 50.0 Å². The van der Waals surface area contributed by atoms with E-state index in [0.717, 1.165) is 37.3 Å². The van der Waals surface area contributed by atoms with Gasteiger partial charge in [-0.15, -0.1) is 0 Å². The SMILES string of the molecule is COc1ccc([C@@]23CC[C@@H](O)C(C)(C)[C@@H]2N(C)CC3)cc1OC. The van der Waals surface area contributed by atoms with Crippen LogP contribution in [0.15, 0.2) is 18.2 Å². The number of nitrogens with zero attached hydrogens (tertiary/aromatic N) is 1. The predicted octanol–water partition coefficient (Wildman–Crippen LogP) is 2.83. The van der Waals surface area contributed by atoms with Gasteiger partial charge in [0.05, 0.1) is 20.3 Å².